The Labute approximate surface area is 120 Å². The molecule has 112 valence electrons. The number of anilines is 1. The number of carbonyl (C=O) groups is 2. The largest absolute Gasteiger partial charge is 0.481 e. The maximum absolute atomic E-state index is 11.8. The summed E-state index contributed by atoms with van der Waals surface area (Å²) in [5.41, 5.74) is 0.381. The van der Waals surface area contributed by atoms with Gasteiger partial charge in [-0.1, -0.05) is 0 Å². The van der Waals surface area contributed by atoms with Crippen LogP contribution < -0.4 is 10.6 Å². The van der Waals surface area contributed by atoms with E-state index in [-0.39, 0.29) is 11.7 Å². The fourth-order valence-electron chi connectivity index (χ4n) is 2.36. The Balaban J connectivity index is 1.85. The molecule has 0 aliphatic heterocycles. The van der Waals surface area contributed by atoms with Crippen LogP contribution in [0.2, 0.25) is 0 Å². The molecule has 0 saturated heterocycles. The number of nitrogens with one attached hydrogen (secondary N) is 2. The normalized spacial score (nSPS) is 20.8. The van der Waals surface area contributed by atoms with Crippen molar-refractivity contribution < 1.29 is 19.6 Å². The molecule has 1 aliphatic rings. The second-order valence-electron chi connectivity index (χ2n) is 4.95. The van der Waals surface area contributed by atoms with E-state index >= 15 is 0 Å². The minimum Gasteiger partial charge on any atom is -0.481 e. The fraction of sp³-hybridized carbons (Fsp3) is 0.385. The number of hydrogen-bond donors (Lipinski definition) is 3. The average molecular weight is 293 g/mol. The van der Waals surface area contributed by atoms with Gasteiger partial charge in [0.25, 0.3) is 5.69 Å². The van der Waals surface area contributed by atoms with Gasteiger partial charge in [0.2, 0.25) is 0 Å². The predicted molar refractivity (Wildman–Crippen MR) is 74.0 cm³/mol. The van der Waals surface area contributed by atoms with Crippen LogP contribution in [0.4, 0.5) is 16.2 Å². The van der Waals surface area contributed by atoms with Crippen molar-refractivity contribution in [3.8, 4) is 0 Å². The summed E-state index contributed by atoms with van der Waals surface area (Å²) < 4.78 is 0. The second kappa shape index (κ2) is 6.21. The number of hydrogen-bond acceptors (Lipinski definition) is 4. The molecular weight excluding hydrogens is 278 g/mol. The van der Waals surface area contributed by atoms with Crippen molar-refractivity contribution in [1.29, 1.82) is 0 Å². The lowest BCUT2D eigenvalue weighted by molar-refractivity contribution is -0.384. The lowest BCUT2D eigenvalue weighted by Crippen LogP contribution is -2.36. The molecule has 0 aromatic heterocycles. The molecule has 1 aliphatic carbocycles. The average Bonchev–Trinajstić information content (AvgIpc) is 2.87. The van der Waals surface area contributed by atoms with Crippen molar-refractivity contribution in [2.45, 2.75) is 25.3 Å². The zero-order valence-electron chi connectivity index (χ0n) is 11.1. The number of carboxylic acids is 1. The van der Waals surface area contributed by atoms with Crippen molar-refractivity contribution in [1.82, 2.24) is 5.32 Å². The lowest BCUT2D eigenvalue weighted by atomic mass is 10.1. The summed E-state index contributed by atoms with van der Waals surface area (Å²) in [6.45, 7) is 0. The van der Waals surface area contributed by atoms with Gasteiger partial charge in [-0.15, -0.1) is 0 Å². The summed E-state index contributed by atoms with van der Waals surface area (Å²) in [6, 6.07) is 4.86. The monoisotopic (exact) mass is 293 g/mol. The van der Waals surface area contributed by atoms with Gasteiger partial charge in [-0.05, 0) is 31.4 Å². The highest BCUT2D eigenvalue weighted by Crippen LogP contribution is 2.25. The number of aliphatic carboxylic acids is 1. The third kappa shape index (κ3) is 3.91. The van der Waals surface area contributed by atoms with Crippen LogP contribution >= 0.6 is 0 Å². The molecule has 1 saturated carbocycles. The molecule has 2 atom stereocenters. The van der Waals surface area contributed by atoms with E-state index in [1.165, 1.54) is 24.3 Å². The minimum atomic E-state index is -0.838. The molecular formula is C13H15N3O5. The number of rotatable bonds is 4. The minimum absolute atomic E-state index is 0.0546. The van der Waals surface area contributed by atoms with Gasteiger partial charge in [0, 0.05) is 23.9 Å². The number of amides is 2. The van der Waals surface area contributed by atoms with Crippen LogP contribution in [0, 0.1) is 16.0 Å². The van der Waals surface area contributed by atoms with Gasteiger partial charge >= 0.3 is 12.0 Å². The standard InChI is InChI=1S/C13H15N3O5/c17-12(18)8-1-2-10(7-8)15-13(19)14-9-3-5-11(6-4-9)16(20)21/h3-6,8,10H,1-2,7H2,(H,17,18)(H2,14,15,19)/t8-,10+/m1/s1. The molecule has 0 bridgehead atoms. The van der Waals surface area contributed by atoms with Crippen molar-refractivity contribution in [2.75, 3.05) is 5.32 Å². The molecule has 3 N–H and O–H groups in total. The third-order valence-corrected chi connectivity index (χ3v) is 3.45. The maximum Gasteiger partial charge on any atom is 0.319 e. The van der Waals surface area contributed by atoms with Crippen molar-refractivity contribution in [2.24, 2.45) is 5.92 Å². The Bertz CT molecular complexity index is 557. The highest BCUT2D eigenvalue weighted by molar-refractivity contribution is 5.89. The van der Waals surface area contributed by atoms with Gasteiger partial charge in [0.05, 0.1) is 10.8 Å². The molecule has 0 radical (unpaired) electrons. The number of benzene rings is 1. The van der Waals surface area contributed by atoms with Gasteiger partial charge in [-0.2, -0.15) is 0 Å². The van der Waals surface area contributed by atoms with Crippen LogP contribution in [0.15, 0.2) is 24.3 Å². The predicted octanol–water partition coefficient (Wildman–Crippen LogP) is 1.97. The van der Waals surface area contributed by atoms with E-state index in [9.17, 15) is 19.7 Å². The number of nitro benzene ring substituents is 1. The Hall–Kier alpha value is -2.64. The molecule has 8 nitrogen and oxygen atoms in total. The molecule has 1 aromatic carbocycles. The number of nitro groups is 1. The Morgan fingerprint density at radius 2 is 1.90 bits per heavy atom. The topological polar surface area (TPSA) is 122 Å². The highest BCUT2D eigenvalue weighted by atomic mass is 16.6. The summed E-state index contributed by atoms with van der Waals surface area (Å²) in [4.78, 5) is 32.6. The van der Waals surface area contributed by atoms with Gasteiger partial charge in [0.1, 0.15) is 0 Å². The molecule has 0 spiro atoms. The van der Waals surface area contributed by atoms with E-state index in [0.717, 1.165) is 0 Å². The zero-order valence-corrected chi connectivity index (χ0v) is 11.1. The summed E-state index contributed by atoms with van der Waals surface area (Å²) in [7, 11) is 0. The van der Waals surface area contributed by atoms with E-state index in [0.29, 0.717) is 24.9 Å². The lowest BCUT2D eigenvalue weighted by Gasteiger charge is -2.13. The van der Waals surface area contributed by atoms with E-state index < -0.39 is 22.8 Å². The molecule has 21 heavy (non-hydrogen) atoms. The van der Waals surface area contributed by atoms with Gasteiger partial charge in [0.15, 0.2) is 0 Å². The van der Waals surface area contributed by atoms with Crippen LogP contribution in [-0.2, 0) is 4.79 Å². The van der Waals surface area contributed by atoms with Crippen LogP contribution in [0.25, 0.3) is 0 Å². The number of urea groups is 1. The van der Waals surface area contributed by atoms with Crippen LogP contribution in [0.1, 0.15) is 19.3 Å². The first-order valence-electron chi connectivity index (χ1n) is 6.50. The third-order valence-electron chi connectivity index (χ3n) is 3.45. The summed E-state index contributed by atoms with van der Waals surface area (Å²) in [5.74, 6) is -1.25. The van der Waals surface area contributed by atoms with E-state index in [1.807, 2.05) is 0 Å². The maximum atomic E-state index is 11.8. The number of nitrogens with zero attached hydrogens (tertiary/aromatic N) is 1. The first kappa shape index (κ1) is 14.8. The number of carbonyl (C=O) groups excluding carboxylic acids is 1. The zero-order chi connectivity index (χ0) is 15.4. The molecule has 1 aromatic rings. The Morgan fingerprint density at radius 3 is 2.43 bits per heavy atom. The van der Waals surface area contributed by atoms with E-state index in [1.54, 1.807) is 0 Å². The first-order valence-corrected chi connectivity index (χ1v) is 6.50. The van der Waals surface area contributed by atoms with Gasteiger partial charge in [-0.25, -0.2) is 4.79 Å². The van der Waals surface area contributed by atoms with Crippen molar-refractivity contribution in [3.63, 3.8) is 0 Å². The highest BCUT2D eigenvalue weighted by Gasteiger charge is 2.30. The van der Waals surface area contributed by atoms with E-state index in [4.69, 9.17) is 5.11 Å². The van der Waals surface area contributed by atoms with Crippen molar-refractivity contribution >= 4 is 23.4 Å². The first-order chi connectivity index (χ1) is 9.95. The summed E-state index contributed by atoms with van der Waals surface area (Å²) in [5, 5.41) is 24.7. The quantitative estimate of drug-likeness (QED) is 0.578. The van der Waals surface area contributed by atoms with Crippen LogP contribution in [-0.4, -0.2) is 28.1 Å². The summed E-state index contributed by atoms with van der Waals surface area (Å²) in [6.07, 6.45) is 1.60. The summed E-state index contributed by atoms with van der Waals surface area (Å²) >= 11 is 0. The second-order valence-corrected chi connectivity index (χ2v) is 4.95. The van der Waals surface area contributed by atoms with Gasteiger partial charge < -0.3 is 15.7 Å². The van der Waals surface area contributed by atoms with Crippen molar-refractivity contribution in [3.05, 3.63) is 34.4 Å². The molecule has 0 unspecified atom stereocenters. The smallest absolute Gasteiger partial charge is 0.319 e. The number of carboxylic acid groups (broad SMARTS) is 1. The van der Waals surface area contributed by atoms with Crippen LogP contribution in [0.5, 0.6) is 0 Å². The Kier molecular flexibility index (Phi) is 4.36. The van der Waals surface area contributed by atoms with Gasteiger partial charge in [-0.3, -0.25) is 14.9 Å². The molecule has 1 fully saturated rings. The number of non-ortho nitro benzene ring substituents is 1. The fourth-order valence-corrected chi connectivity index (χ4v) is 2.36. The molecule has 0 heterocycles. The molecule has 2 rings (SSSR count). The Morgan fingerprint density at radius 1 is 1.24 bits per heavy atom. The van der Waals surface area contributed by atoms with E-state index in [2.05, 4.69) is 10.6 Å². The van der Waals surface area contributed by atoms with Crippen LogP contribution in [0.3, 0.4) is 0 Å². The molecule has 2 amide bonds. The SMILES string of the molecule is O=C(Nc1ccc([N+](=O)[O-])cc1)N[C@H]1CC[C@@H](C(=O)O)C1. The molecule has 8 heteroatoms.